The Hall–Kier alpha value is 1.26. The minimum absolute atomic E-state index is 0. The summed E-state index contributed by atoms with van der Waals surface area (Å²) < 4.78 is 29.3. The predicted octanol–water partition coefficient (Wildman–Crippen LogP) is 3.79. The van der Waals surface area contributed by atoms with Gasteiger partial charge in [0.15, 0.2) is 0 Å². The number of hydrogen-bond acceptors (Lipinski definition) is 3. The molecule has 3 nitrogen and oxygen atoms in total. The van der Waals surface area contributed by atoms with Crippen LogP contribution < -0.4 is 0 Å². The van der Waals surface area contributed by atoms with Crippen LogP contribution in [0.1, 0.15) is 71.1 Å². The zero-order chi connectivity index (χ0) is 13.0. The first-order valence-corrected chi connectivity index (χ1v) is 9.62. The van der Waals surface area contributed by atoms with E-state index in [-0.39, 0.29) is 29.6 Å². The van der Waals surface area contributed by atoms with Gasteiger partial charge in [-0.15, -0.1) is 0 Å². The van der Waals surface area contributed by atoms with Gasteiger partial charge in [0.2, 0.25) is 0 Å². The van der Waals surface area contributed by atoms with Gasteiger partial charge in [-0.2, -0.15) is 8.42 Å². The second kappa shape index (κ2) is 14.7. The Morgan fingerprint density at radius 1 is 0.833 bits per heavy atom. The zero-order valence-corrected chi connectivity index (χ0v) is 12.5. The van der Waals surface area contributed by atoms with Gasteiger partial charge in [0.1, 0.15) is 0 Å². The maximum absolute atomic E-state index is 10.4. The third kappa shape index (κ3) is 19.6. The number of unbranched alkanes of at least 4 members (excludes halogenated alkanes) is 9. The van der Waals surface area contributed by atoms with E-state index in [2.05, 4.69) is 6.92 Å². The van der Waals surface area contributed by atoms with Crippen molar-refractivity contribution in [2.45, 2.75) is 71.1 Å². The molecule has 0 fully saturated rings. The molecule has 0 unspecified atom stereocenters. The Kier molecular flexibility index (Phi) is 17.6. The zero-order valence-electron chi connectivity index (χ0n) is 10.9. The second-order valence-electron chi connectivity index (χ2n) is 4.43. The van der Waals surface area contributed by atoms with E-state index in [4.69, 9.17) is 4.55 Å². The van der Waals surface area contributed by atoms with Crippen LogP contribution in [-0.4, -0.2) is 48.3 Å². The summed E-state index contributed by atoms with van der Waals surface area (Å²) >= 11 is 0. The first-order valence-electron chi connectivity index (χ1n) is 6.68. The third-order valence-corrected chi connectivity index (χ3v) is 4.88. The fourth-order valence-electron chi connectivity index (χ4n) is 1.75. The first kappa shape index (κ1) is 21.6. The molecule has 1 N–H and O–H groups in total. The van der Waals surface area contributed by atoms with Crippen LogP contribution >= 0.6 is 10.8 Å². The molecule has 0 saturated carbocycles. The molecule has 0 radical (unpaired) electrons. The van der Waals surface area contributed by atoms with Gasteiger partial charge in [0, 0.05) is 5.75 Å². The fraction of sp³-hybridized carbons (Fsp3) is 1.00. The van der Waals surface area contributed by atoms with Crippen molar-refractivity contribution in [1.82, 2.24) is 0 Å². The average molecular weight is 306 g/mol. The van der Waals surface area contributed by atoms with E-state index in [1.54, 1.807) is 0 Å². The summed E-state index contributed by atoms with van der Waals surface area (Å²) in [5, 5.41) is 0. The number of hydrogen-bond donors (Lipinski definition) is 1. The summed E-state index contributed by atoms with van der Waals surface area (Å²) in [7, 11) is -3.18. The summed E-state index contributed by atoms with van der Waals surface area (Å²) in [6, 6.07) is 0. The molecule has 0 atom stereocenters. The van der Waals surface area contributed by atoms with Crippen molar-refractivity contribution < 1.29 is 13.0 Å². The van der Waals surface area contributed by atoms with Crippen molar-refractivity contribution in [2.24, 2.45) is 0 Å². The van der Waals surface area contributed by atoms with Crippen LogP contribution in [-0.2, 0) is 9.15 Å². The molecule has 0 aliphatic rings. The summed E-state index contributed by atoms with van der Waals surface area (Å²) in [6.07, 6.45) is 12.4. The van der Waals surface area contributed by atoms with E-state index >= 15 is 0 Å². The predicted molar refractivity (Wildman–Crippen MR) is 83.0 cm³/mol. The van der Waals surface area contributed by atoms with E-state index in [9.17, 15) is 8.42 Å². The van der Waals surface area contributed by atoms with Gasteiger partial charge in [0.25, 0.3) is 0 Å². The molecule has 0 saturated heterocycles. The third-order valence-electron chi connectivity index (χ3n) is 2.73. The van der Waals surface area contributed by atoms with Crippen molar-refractivity contribution in [3.05, 3.63) is 0 Å². The van der Waals surface area contributed by atoms with Crippen LogP contribution in [0.25, 0.3) is 0 Å². The number of rotatable bonds is 12. The molecule has 0 amide bonds. The molecule has 0 heterocycles. The first-order chi connectivity index (χ1) is 8.06. The molecule has 18 heavy (non-hydrogen) atoms. The summed E-state index contributed by atoms with van der Waals surface area (Å²) in [4.78, 5) is 0. The molecule has 106 valence electrons. The summed E-state index contributed by atoms with van der Waals surface area (Å²) in [5.41, 5.74) is 0. The molecule has 0 aromatic carbocycles. The molecule has 0 rings (SSSR count). The summed E-state index contributed by atoms with van der Waals surface area (Å²) in [6.45, 7) is 2.23. The van der Waals surface area contributed by atoms with Crippen molar-refractivity contribution >= 4 is 49.5 Å². The standard InChI is InChI=1S/C12H26O3S2.Na.H/c1-2-3-4-5-6-7-8-9-10-11-12-16-17(13,14)15;;/h2-12H2,1H3,(H,13,14,15);;. The van der Waals surface area contributed by atoms with Gasteiger partial charge < -0.3 is 0 Å². The minimum atomic E-state index is -3.82. The van der Waals surface area contributed by atoms with Crippen molar-refractivity contribution in [2.75, 3.05) is 5.75 Å². The van der Waals surface area contributed by atoms with E-state index in [0.29, 0.717) is 16.5 Å². The van der Waals surface area contributed by atoms with E-state index in [1.807, 2.05) is 0 Å². The normalized spacial score (nSPS) is 11.2. The molecule has 0 aliphatic carbocycles. The molecular weight excluding hydrogens is 279 g/mol. The van der Waals surface area contributed by atoms with Crippen LogP contribution in [0.5, 0.6) is 0 Å². The van der Waals surface area contributed by atoms with Gasteiger partial charge in [-0.3, -0.25) is 4.55 Å². The molecule has 0 spiro atoms. The van der Waals surface area contributed by atoms with Crippen LogP contribution in [0.15, 0.2) is 0 Å². The molecular formula is C12H27NaO3S2. The molecule has 0 aromatic heterocycles. The molecule has 6 heteroatoms. The van der Waals surface area contributed by atoms with Gasteiger partial charge in [-0.05, 0) is 17.2 Å². The molecule has 0 bridgehead atoms. The maximum atomic E-state index is 10.4. The van der Waals surface area contributed by atoms with Crippen LogP contribution in [0.3, 0.4) is 0 Å². The van der Waals surface area contributed by atoms with Crippen LogP contribution in [0, 0.1) is 0 Å². The Balaban J connectivity index is 0. The van der Waals surface area contributed by atoms with E-state index < -0.39 is 9.15 Å². The van der Waals surface area contributed by atoms with Gasteiger partial charge in [-0.25, -0.2) is 0 Å². The van der Waals surface area contributed by atoms with Gasteiger partial charge in [-0.1, -0.05) is 64.7 Å². The molecule has 0 aliphatic heterocycles. The van der Waals surface area contributed by atoms with Crippen molar-refractivity contribution in [3.63, 3.8) is 0 Å². The van der Waals surface area contributed by atoms with Crippen LogP contribution in [0.2, 0.25) is 0 Å². The average Bonchev–Trinajstić information content (AvgIpc) is 2.24. The Morgan fingerprint density at radius 3 is 1.61 bits per heavy atom. The van der Waals surface area contributed by atoms with Gasteiger partial charge >= 0.3 is 38.7 Å². The summed E-state index contributed by atoms with van der Waals surface area (Å²) in [5.74, 6) is 0.509. The van der Waals surface area contributed by atoms with Crippen molar-refractivity contribution in [1.29, 1.82) is 0 Å². The van der Waals surface area contributed by atoms with E-state index in [1.165, 1.54) is 51.4 Å². The monoisotopic (exact) mass is 306 g/mol. The van der Waals surface area contributed by atoms with Gasteiger partial charge in [0.05, 0.1) is 0 Å². The van der Waals surface area contributed by atoms with Crippen LogP contribution in [0.4, 0.5) is 0 Å². The van der Waals surface area contributed by atoms with Crippen molar-refractivity contribution in [3.8, 4) is 0 Å². The SMILES string of the molecule is CCCCCCCCCCCCSS(=O)(=O)O.[NaH]. The topological polar surface area (TPSA) is 54.4 Å². The van der Waals surface area contributed by atoms with E-state index in [0.717, 1.165) is 12.8 Å². The Labute approximate surface area is 138 Å². The Bertz CT molecular complexity index is 256. The fourth-order valence-corrected chi connectivity index (χ4v) is 3.27. The molecule has 0 aromatic rings. The Morgan fingerprint density at radius 2 is 1.22 bits per heavy atom. The quantitative estimate of drug-likeness (QED) is 0.258. The second-order valence-corrected chi connectivity index (χ2v) is 7.90.